The number of ether oxygens (including phenoxy) is 1. The van der Waals surface area contributed by atoms with Gasteiger partial charge >= 0.3 is 0 Å². The SMILES string of the molecule is COc1ccc(NC(=O)C[NH+]2CCN(c3ccccc3F)CC2)cc1. The highest BCUT2D eigenvalue weighted by Crippen LogP contribution is 2.18. The second-order valence-corrected chi connectivity index (χ2v) is 6.14. The number of nitrogens with zero attached hydrogens (tertiary/aromatic N) is 1. The molecule has 0 bridgehead atoms. The molecule has 0 aliphatic carbocycles. The average Bonchev–Trinajstić information content (AvgIpc) is 2.63. The molecule has 6 heteroatoms. The van der Waals surface area contributed by atoms with Crippen molar-refractivity contribution in [1.29, 1.82) is 0 Å². The summed E-state index contributed by atoms with van der Waals surface area (Å²) in [5.41, 5.74) is 1.40. The van der Waals surface area contributed by atoms with Crippen LogP contribution in [0.5, 0.6) is 5.75 Å². The summed E-state index contributed by atoms with van der Waals surface area (Å²) in [4.78, 5) is 15.5. The maximum atomic E-state index is 13.9. The molecule has 0 aromatic heterocycles. The molecular weight excluding hydrogens is 321 g/mol. The minimum Gasteiger partial charge on any atom is -0.497 e. The predicted molar refractivity (Wildman–Crippen MR) is 95.8 cm³/mol. The molecule has 1 fully saturated rings. The van der Waals surface area contributed by atoms with E-state index in [1.54, 1.807) is 19.2 Å². The van der Waals surface area contributed by atoms with E-state index in [1.807, 2.05) is 35.2 Å². The number of hydrogen-bond donors (Lipinski definition) is 2. The van der Waals surface area contributed by atoms with Gasteiger partial charge in [0.25, 0.3) is 5.91 Å². The fraction of sp³-hybridized carbons (Fsp3) is 0.316. The Bertz CT molecular complexity index is 713. The Kier molecular flexibility index (Phi) is 5.50. The number of hydrogen-bond acceptors (Lipinski definition) is 3. The van der Waals surface area contributed by atoms with Crippen molar-refractivity contribution in [2.45, 2.75) is 0 Å². The van der Waals surface area contributed by atoms with Crippen molar-refractivity contribution in [2.24, 2.45) is 0 Å². The summed E-state index contributed by atoms with van der Waals surface area (Å²) in [5.74, 6) is 0.551. The molecule has 0 atom stereocenters. The van der Waals surface area contributed by atoms with Crippen molar-refractivity contribution < 1.29 is 18.8 Å². The van der Waals surface area contributed by atoms with Gasteiger partial charge in [-0.3, -0.25) is 4.79 Å². The van der Waals surface area contributed by atoms with Crippen molar-refractivity contribution in [2.75, 3.05) is 50.1 Å². The lowest BCUT2D eigenvalue weighted by atomic mass is 10.2. The number of amides is 1. The number of carbonyl (C=O) groups excluding carboxylic acids is 1. The number of quaternary nitrogens is 1. The van der Waals surface area contributed by atoms with Gasteiger partial charge in [-0.05, 0) is 36.4 Å². The minimum atomic E-state index is -0.191. The number of carbonyl (C=O) groups is 1. The molecule has 2 aromatic carbocycles. The molecule has 25 heavy (non-hydrogen) atoms. The molecule has 0 saturated carbocycles. The number of benzene rings is 2. The Labute approximate surface area is 147 Å². The standard InChI is InChI=1S/C19H22FN3O2/c1-25-16-8-6-15(7-9-16)21-19(24)14-22-10-12-23(13-11-22)18-5-3-2-4-17(18)20/h2-9H,10-14H2,1H3,(H,21,24)/p+1. The Hall–Kier alpha value is -2.60. The van der Waals surface area contributed by atoms with E-state index in [1.165, 1.54) is 11.0 Å². The van der Waals surface area contributed by atoms with E-state index < -0.39 is 0 Å². The average molecular weight is 344 g/mol. The maximum absolute atomic E-state index is 13.9. The molecule has 1 aliphatic rings. The van der Waals surface area contributed by atoms with Crippen LogP contribution in [0, 0.1) is 5.82 Å². The van der Waals surface area contributed by atoms with Gasteiger partial charge in [0.05, 0.1) is 39.0 Å². The van der Waals surface area contributed by atoms with E-state index in [-0.39, 0.29) is 11.7 Å². The largest absolute Gasteiger partial charge is 0.497 e. The number of halogens is 1. The van der Waals surface area contributed by atoms with Crippen LogP contribution in [0.1, 0.15) is 0 Å². The third kappa shape index (κ3) is 4.48. The Balaban J connectivity index is 1.48. The molecule has 0 spiro atoms. The number of piperazine rings is 1. The van der Waals surface area contributed by atoms with Gasteiger partial charge in [-0.2, -0.15) is 0 Å². The molecule has 3 rings (SSSR count). The van der Waals surface area contributed by atoms with Crippen LogP contribution < -0.4 is 19.9 Å². The van der Waals surface area contributed by atoms with Crippen LogP contribution in [0.3, 0.4) is 0 Å². The van der Waals surface area contributed by atoms with E-state index in [0.717, 1.165) is 37.6 Å². The number of methoxy groups -OCH3 is 1. The van der Waals surface area contributed by atoms with E-state index in [9.17, 15) is 9.18 Å². The summed E-state index contributed by atoms with van der Waals surface area (Å²) in [5, 5.41) is 2.90. The lowest BCUT2D eigenvalue weighted by Crippen LogP contribution is -3.15. The molecule has 0 unspecified atom stereocenters. The van der Waals surface area contributed by atoms with Crippen LogP contribution in [-0.2, 0) is 4.79 Å². The molecule has 0 radical (unpaired) electrons. The zero-order valence-corrected chi connectivity index (χ0v) is 14.3. The fourth-order valence-electron chi connectivity index (χ4n) is 3.06. The highest BCUT2D eigenvalue weighted by molar-refractivity contribution is 5.91. The summed E-state index contributed by atoms with van der Waals surface area (Å²) >= 11 is 0. The first kappa shape index (κ1) is 17.2. The summed E-state index contributed by atoms with van der Waals surface area (Å²) in [6.07, 6.45) is 0. The number of nitrogens with one attached hydrogen (secondary N) is 2. The first-order valence-corrected chi connectivity index (χ1v) is 8.42. The van der Waals surface area contributed by atoms with Crippen molar-refractivity contribution in [3.05, 3.63) is 54.3 Å². The first-order valence-electron chi connectivity index (χ1n) is 8.42. The zero-order valence-electron chi connectivity index (χ0n) is 14.3. The molecule has 1 saturated heterocycles. The van der Waals surface area contributed by atoms with Crippen molar-refractivity contribution in [1.82, 2.24) is 0 Å². The zero-order chi connectivity index (χ0) is 17.6. The number of anilines is 2. The van der Waals surface area contributed by atoms with Gasteiger partial charge in [0.2, 0.25) is 0 Å². The Morgan fingerprint density at radius 1 is 1.16 bits per heavy atom. The molecule has 2 N–H and O–H groups in total. The summed E-state index contributed by atoms with van der Waals surface area (Å²) in [6, 6.07) is 14.1. The van der Waals surface area contributed by atoms with Gasteiger partial charge in [-0.25, -0.2) is 4.39 Å². The molecule has 5 nitrogen and oxygen atoms in total. The van der Waals surface area contributed by atoms with E-state index in [4.69, 9.17) is 4.74 Å². The maximum Gasteiger partial charge on any atom is 0.279 e. The van der Waals surface area contributed by atoms with Gasteiger partial charge in [-0.1, -0.05) is 12.1 Å². The Morgan fingerprint density at radius 2 is 1.84 bits per heavy atom. The lowest BCUT2D eigenvalue weighted by molar-refractivity contribution is -0.892. The third-order valence-corrected chi connectivity index (χ3v) is 4.45. The van der Waals surface area contributed by atoms with Crippen LogP contribution in [0.15, 0.2) is 48.5 Å². The van der Waals surface area contributed by atoms with E-state index in [0.29, 0.717) is 12.2 Å². The molecule has 1 amide bonds. The van der Waals surface area contributed by atoms with Gasteiger partial charge in [0.1, 0.15) is 11.6 Å². The van der Waals surface area contributed by atoms with Gasteiger partial charge in [-0.15, -0.1) is 0 Å². The van der Waals surface area contributed by atoms with Crippen LogP contribution in [0.4, 0.5) is 15.8 Å². The van der Waals surface area contributed by atoms with E-state index in [2.05, 4.69) is 5.32 Å². The minimum absolute atomic E-state index is 0.0143. The first-order chi connectivity index (χ1) is 12.2. The highest BCUT2D eigenvalue weighted by atomic mass is 19.1. The van der Waals surface area contributed by atoms with Crippen molar-refractivity contribution in [3.8, 4) is 5.75 Å². The van der Waals surface area contributed by atoms with Crippen LogP contribution >= 0.6 is 0 Å². The summed E-state index contributed by atoms with van der Waals surface area (Å²) in [6.45, 7) is 3.52. The van der Waals surface area contributed by atoms with Crippen LogP contribution in [0.25, 0.3) is 0 Å². The summed E-state index contributed by atoms with van der Waals surface area (Å²) < 4.78 is 19.0. The number of rotatable bonds is 5. The highest BCUT2D eigenvalue weighted by Gasteiger charge is 2.23. The quantitative estimate of drug-likeness (QED) is 0.856. The smallest absolute Gasteiger partial charge is 0.279 e. The van der Waals surface area contributed by atoms with Crippen LogP contribution in [0.2, 0.25) is 0 Å². The van der Waals surface area contributed by atoms with Crippen LogP contribution in [-0.4, -0.2) is 45.7 Å². The molecule has 1 aliphatic heterocycles. The summed E-state index contributed by atoms with van der Waals surface area (Å²) in [7, 11) is 1.61. The van der Waals surface area contributed by atoms with Gasteiger partial charge in [0, 0.05) is 5.69 Å². The van der Waals surface area contributed by atoms with Crippen molar-refractivity contribution in [3.63, 3.8) is 0 Å². The third-order valence-electron chi connectivity index (χ3n) is 4.45. The van der Waals surface area contributed by atoms with Gasteiger partial charge < -0.3 is 19.9 Å². The Morgan fingerprint density at radius 3 is 2.48 bits per heavy atom. The number of para-hydroxylation sites is 1. The lowest BCUT2D eigenvalue weighted by Gasteiger charge is -2.33. The van der Waals surface area contributed by atoms with E-state index >= 15 is 0 Å². The normalized spacial score (nSPS) is 15.0. The molecule has 2 aromatic rings. The predicted octanol–water partition coefficient (Wildman–Crippen LogP) is 1.18. The second kappa shape index (κ2) is 7.98. The monoisotopic (exact) mass is 344 g/mol. The molecular formula is C19H23FN3O2+. The molecule has 132 valence electrons. The van der Waals surface area contributed by atoms with Crippen molar-refractivity contribution >= 4 is 17.3 Å². The van der Waals surface area contributed by atoms with Gasteiger partial charge in [0.15, 0.2) is 6.54 Å². The molecule has 1 heterocycles. The topological polar surface area (TPSA) is 46.0 Å². The second-order valence-electron chi connectivity index (χ2n) is 6.14. The fourth-order valence-corrected chi connectivity index (χ4v) is 3.06.